The summed E-state index contributed by atoms with van der Waals surface area (Å²) in [7, 11) is 1.57. The van der Waals surface area contributed by atoms with E-state index >= 15 is 0 Å². The third-order valence-electron chi connectivity index (χ3n) is 3.03. The first-order valence-corrected chi connectivity index (χ1v) is 6.02. The number of likely N-dealkylation sites (N-methyl/N-ethyl adjacent to an activating group) is 1. The molecule has 0 aromatic heterocycles. The number of hydrogen-bond acceptors (Lipinski definition) is 3. The molecule has 0 bridgehead atoms. The van der Waals surface area contributed by atoms with Gasteiger partial charge in [0.1, 0.15) is 0 Å². The highest BCUT2D eigenvalue weighted by Crippen LogP contribution is 2.27. The predicted octanol–water partition coefficient (Wildman–Crippen LogP) is -0.0887. The number of amides is 2. The van der Waals surface area contributed by atoms with E-state index in [0.717, 1.165) is 18.7 Å². The van der Waals surface area contributed by atoms with Gasteiger partial charge < -0.3 is 10.2 Å². The van der Waals surface area contributed by atoms with Gasteiger partial charge in [0, 0.05) is 19.3 Å². The van der Waals surface area contributed by atoms with Gasteiger partial charge in [-0.1, -0.05) is 18.2 Å². The Morgan fingerprint density at radius 2 is 2.06 bits per heavy atom. The molecule has 1 aromatic rings. The van der Waals surface area contributed by atoms with Gasteiger partial charge in [0.15, 0.2) is 0 Å². The van der Waals surface area contributed by atoms with Crippen molar-refractivity contribution in [1.82, 2.24) is 10.6 Å². The molecule has 2 N–H and O–H groups in total. The molecule has 0 spiro atoms. The molecule has 0 aliphatic carbocycles. The summed E-state index contributed by atoms with van der Waals surface area (Å²) in [6, 6.07) is 7.92. The monoisotopic (exact) mass is 247 g/mol. The summed E-state index contributed by atoms with van der Waals surface area (Å²) in [6.45, 7) is 1.07. The zero-order valence-corrected chi connectivity index (χ0v) is 10.4. The molecular formula is C13H17N3O2. The molecule has 18 heavy (non-hydrogen) atoms. The minimum atomic E-state index is -0.121. The third-order valence-corrected chi connectivity index (χ3v) is 3.03. The standard InChI is InChI=1S/C13H17N3O2/c1-14-12(17)8-15-9-13(18)16-7-6-10-4-2-3-5-11(10)16/h2-5,15H,6-9H2,1H3,(H,14,17). The van der Waals surface area contributed by atoms with Crippen LogP contribution in [0.2, 0.25) is 0 Å². The van der Waals surface area contributed by atoms with E-state index < -0.39 is 0 Å². The maximum atomic E-state index is 12.0. The number of benzene rings is 1. The Balaban J connectivity index is 1.90. The maximum absolute atomic E-state index is 12.0. The second-order valence-corrected chi connectivity index (χ2v) is 4.20. The second-order valence-electron chi connectivity index (χ2n) is 4.20. The van der Waals surface area contributed by atoms with Crippen molar-refractivity contribution in [3.8, 4) is 0 Å². The van der Waals surface area contributed by atoms with Crippen molar-refractivity contribution in [1.29, 1.82) is 0 Å². The summed E-state index contributed by atoms with van der Waals surface area (Å²) in [4.78, 5) is 24.8. The van der Waals surface area contributed by atoms with Gasteiger partial charge in [0.2, 0.25) is 11.8 Å². The van der Waals surface area contributed by atoms with Crippen LogP contribution in [0.5, 0.6) is 0 Å². The molecule has 5 nitrogen and oxygen atoms in total. The average Bonchev–Trinajstić information content (AvgIpc) is 2.82. The van der Waals surface area contributed by atoms with Gasteiger partial charge in [0.25, 0.3) is 0 Å². The van der Waals surface area contributed by atoms with Crippen molar-refractivity contribution in [2.75, 3.05) is 31.6 Å². The van der Waals surface area contributed by atoms with Gasteiger partial charge in [-0.3, -0.25) is 14.9 Å². The second kappa shape index (κ2) is 5.64. The average molecular weight is 247 g/mol. The van der Waals surface area contributed by atoms with Crippen LogP contribution in [-0.2, 0) is 16.0 Å². The molecule has 1 heterocycles. The van der Waals surface area contributed by atoms with Crippen LogP contribution < -0.4 is 15.5 Å². The first-order valence-electron chi connectivity index (χ1n) is 6.02. The highest BCUT2D eigenvalue weighted by Gasteiger charge is 2.23. The molecule has 96 valence electrons. The normalized spacial score (nSPS) is 13.3. The van der Waals surface area contributed by atoms with Crippen LogP contribution in [0, 0.1) is 0 Å². The molecule has 1 aliphatic heterocycles. The first kappa shape index (κ1) is 12.6. The fraction of sp³-hybridized carbons (Fsp3) is 0.385. The van der Waals surface area contributed by atoms with E-state index in [-0.39, 0.29) is 24.9 Å². The maximum Gasteiger partial charge on any atom is 0.240 e. The fourth-order valence-electron chi connectivity index (χ4n) is 2.06. The lowest BCUT2D eigenvalue weighted by molar-refractivity contribution is -0.120. The van der Waals surface area contributed by atoms with Gasteiger partial charge >= 0.3 is 0 Å². The Morgan fingerprint density at radius 3 is 2.83 bits per heavy atom. The molecular weight excluding hydrogens is 230 g/mol. The number of anilines is 1. The molecule has 2 rings (SSSR count). The molecule has 0 saturated carbocycles. The van der Waals surface area contributed by atoms with Crippen LogP contribution in [0.15, 0.2) is 24.3 Å². The van der Waals surface area contributed by atoms with Crippen LogP contribution in [0.3, 0.4) is 0 Å². The van der Waals surface area contributed by atoms with Gasteiger partial charge in [-0.25, -0.2) is 0 Å². The van der Waals surface area contributed by atoms with E-state index in [1.54, 1.807) is 11.9 Å². The van der Waals surface area contributed by atoms with Crippen LogP contribution >= 0.6 is 0 Å². The largest absolute Gasteiger partial charge is 0.358 e. The number of carbonyl (C=O) groups is 2. The fourth-order valence-corrected chi connectivity index (χ4v) is 2.06. The molecule has 0 atom stereocenters. The molecule has 0 unspecified atom stereocenters. The minimum Gasteiger partial charge on any atom is -0.358 e. The van der Waals surface area contributed by atoms with Crippen molar-refractivity contribution >= 4 is 17.5 Å². The summed E-state index contributed by atoms with van der Waals surface area (Å²) < 4.78 is 0. The number of hydrogen-bond donors (Lipinski definition) is 2. The van der Waals surface area contributed by atoms with Crippen molar-refractivity contribution in [2.24, 2.45) is 0 Å². The number of rotatable bonds is 4. The number of nitrogens with zero attached hydrogens (tertiary/aromatic N) is 1. The number of para-hydroxylation sites is 1. The zero-order valence-electron chi connectivity index (χ0n) is 10.4. The van der Waals surface area contributed by atoms with Gasteiger partial charge in [-0.05, 0) is 18.1 Å². The molecule has 0 radical (unpaired) electrons. The van der Waals surface area contributed by atoms with Gasteiger partial charge in [-0.15, -0.1) is 0 Å². The SMILES string of the molecule is CNC(=O)CNCC(=O)N1CCc2ccccc21. The predicted molar refractivity (Wildman–Crippen MR) is 69.4 cm³/mol. The molecule has 0 fully saturated rings. The van der Waals surface area contributed by atoms with Crippen molar-refractivity contribution in [3.63, 3.8) is 0 Å². The van der Waals surface area contributed by atoms with E-state index in [0.29, 0.717) is 0 Å². The Hall–Kier alpha value is -1.88. The van der Waals surface area contributed by atoms with Gasteiger partial charge in [-0.2, -0.15) is 0 Å². The van der Waals surface area contributed by atoms with Crippen LogP contribution in [0.4, 0.5) is 5.69 Å². The lowest BCUT2D eigenvalue weighted by Gasteiger charge is -2.17. The van der Waals surface area contributed by atoms with E-state index in [9.17, 15) is 9.59 Å². The Labute approximate surface area is 106 Å². The summed E-state index contributed by atoms with van der Waals surface area (Å²) in [5, 5.41) is 5.34. The van der Waals surface area contributed by atoms with Crippen LogP contribution in [-0.4, -0.2) is 38.5 Å². The van der Waals surface area contributed by atoms with E-state index in [2.05, 4.69) is 10.6 Å². The molecule has 0 saturated heterocycles. The van der Waals surface area contributed by atoms with Crippen molar-refractivity contribution in [3.05, 3.63) is 29.8 Å². The summed E-state index contributed by atoms with van der Waals surface area (Å²) in [5.41, 5.74) is 2.20. The number of carbonyl (C=O) groups excluding carboxylic acids is 2. The zero-order chi connectivity index (χ0) is 13.0. The molecule has 1 aliphatic rings. The molecule has 5 heteroatoms. The summed E-state index contributed by atoms with van der Waals surface area (Å²) in [6.07, 6.45) is 0.900. The van der Waals surface area contributed by atoms with Crippen LogP contribution in [0.1, 0.15) is 5.56 Å². The lowest BCUT2D eigenvalue weighted by atomic mass is 10.2. The third kappa shape index (κ3) is 2.68. The summed E-state index contributed by atoms with van der Waals surface area (Å²) in [5.74, 6) is -0.117. The quantitative estimate of drug-likeness (QED) is 0.782. The first-order chi connectivity index (χ1) is 8.72. The van der Waals surface area contributed by atoms with E-state index in [1.165, 1.54) is 5.56 Å². The highest BCUT2D eigenvalue weighted by molar-refractivity contribution is 5.97. The smallest absolute Gasteiger partial charge is 0.240 e. The number of nitrogens with one attached hydrogen (secondary N) is 2. The Morgan fingerprint density at radius 1 is 1.28 bits per heavy atom. The minimum absolute atomic E-state index is 0.00357. The van der Waals surface area contributed by atoms with Crippen molar-refractivity contribution < 1.29 is 9.59 Å². The van der Waals surface area contributed by atoms with Gasteiger partial charge in [0.05, 0.1) is 13.1 Å². The Bertz CT molecular complexity index is 459. The topological polar surface area (TPSA) is 61.4 Å². The van der Waals surface area contributed by atoms with E-state index in [1.807, 2.05) is 24.3 Å². The lowest BCUT2D eigenvalue weighted by Crippen LogP contribution is -2.40. The van der Waals surface area contributed by atoms with Crippen molar-refractivity contribution in [2.45, 2.75) is 6.42 Å². The highest BCUT2D eigenvalue weighted by atomic mass is 16.2. The van der Waals surface area contributed by atoms with E-state index in [4.69, 9.17) is 0 Å². The number of fused-ring (bicyclic) bond motifs is 1. The van der Waals surface area contributed by atoms with Crippen LogP contribution in [0.25, 0.3) is 0 Å². The summed E-state index contributed by atoms with van der Waals surface area (Å²) >= 11 is 0. The molecule has 2 amide bonds. The molecule has 1 aromatic carbocycles. The Kier molecular flexibility index (Phi) is 3.94.